The highest BCUT2D eigenvalue weighted by Gasteiger charge is 2.41. The van der Waals surface area contributed by atoms with E-state index in [1.54, 1.807) is 6.08 Å². The Kier molecular flexibility index (Phi) is 3.77. The van der Waals surface area contributed by atoms with E-state index in [9.17, 15) is 5.11 Å². The molecule has 1 fully saturated rings. The van der Waals surface area contributed by atoms with Crippen molar-refractivity contribution < 1.29 is 9.84 Å². The van der Waals surface area contributed by atoms with Crippen molar-refractivity contribution >= 4 is 11.6 Å². The minimum atomic E-state index is -0.571. The fraction of sp³-hybridized carbons (Fsp3) is 0.800. The van der Waals surface area contributed by atoms with Gasteiger partial charge in [0.1, 0.15) is 0 Å². The molecule has 0 bridgehead atoms. The average molecular weight is 205 g/mol. The molecular formula is C10H17ClO2. The Morgan fingerprint density at radius 2 is 2.38 bits per heavy atom. The summed E-state index contributed by atoms with van der Waals surface area (Å²) >= 11 is 6.37. The van der Waals surface area contributed by atoms with Crippen LogP contribution in [0.5, 0.6) is 0 Å². The summed E-state index contributed by atoms with van der Waals surface area (Å²) in [5.74, 6) is 0.189. The van der Waals surface area contributed by atoms with Crippen molar-refractivity contribution in [1.29, 1.82) is 0 Å². The number of hydrogen-bond acceptors (Lipinski definition) is 2. The van der Waals surface area contributed by atoms with Gasteiger partial charge in [-0.15, -0.1) is 11.6 Å². The molecule has 1 aliphatic rings. The highest BCUT2D eigenvalue weighted by atomic mass is 35.5. The number of aliphatic hydroxyl groups is 1. The summed E-state index contributed by atoms with van der Waals surface area (Å²) in [7, 11) is 0. The highest BCUT2D eigenvalue weighted by Crippen LogP contribution is 2.36. The molecular weight excluding hydrogens is 188 g/mol. The van der Waals surface area contributed by atoms with E-state index in [2.05, 4.69) is 0 Å². The van der Waals surface area contributed by atoms with Crippen LogP contribution in [0.1, 0.15) is 20.3 Å². The van der Waals surface area contributed by atoms with Gasteiger partial charge >= 0.3 is 0 Å². The molecule has 0 amide bonds. The van der Waals surface area contributed by atoms with Crippen LogP contribution in [-0.4, -0.2) is 29.3 Å². The Balaban J connectivity index is 2.70. The predicted molar refractivity (Wildman–Crippen MR) is 54.0 cm³/mol. The third kappa shape index (κ3) is 2.25. The van der Waals surface area contributed by atoms with Crippen LogP contribution in [0.2, 0.25) is 0 Å². The second kappa shape index (κ2) is 4.45. The van der Waals surface area contributed by atoms with Gasteiger partial charge in [-0.2, -0.15) is 0 Å². The lowest BCUT2D eigenvalue weighted by Crippen LogP contribution is -2.47. The first-order chi connectivity index (χ1) is 6.11. The molecule has 1 heterocycles. The molecule has 3 atom stereocenters. The van der Waals surface area contributed by atoms with E-state index >= 15 is 0 Å². The summed E-state index contributed by atoms with van der Waals surface area (Å²) < 4.78 is 5.29. The van der Waals surface area contributed by atoms with Crippen molar-refractivity contribution in [2.24, 2.45) is 5.92 Å². The van der Waals surface area contributed by atoms with Crippen LogP contribution in [0.3, 0.4) is 0 Å². The molecule has 0 aromatic carbocycles. The number of halogens is 1. The zero-order valence-electron chi connectivity index (χ0n) is 8.16. The van der Waals surface area contributed by atoms with Crippen molar-refractivity contribution in [3.8, 4) is 0 Å². The molecule has 0 radical (unpaired) electrons. The van der Waals surface area contributed by atoms with Crippen molar-refractivity contribution in [3.05, 3.63) is 12.2 Å². The van der Waals surface area contributed by atoms with Gasteiger partial charge in [-0.05, 0) is 13.3 Å². The average Bonchev–Trinajstić information content (AvgIpc) is 2.11. The van der Waals surface area contributed by atoms with E-state index in [1.165, 1.54) is 0 Å². The van der Waals surface area contributed by atoms with E-state index in [1.807, 2.05) is 19.9 Å². The van der Waals surface area contributed by atoms with E-state index < -0.39 is 11.0 Å². The lowest BCUT2D eigenvalue weighted by molar-refractivity contribution is -0.000597. The maximum absolute atomic E-state index is 9.83. The molecule has 2 nitrogen and oxygen atoms in total. The van der Waals surface area contributed by atoms with Crippen LogP contribution in [-0.2, 0) is 4.74 Å². The Hall–Kier alpha value is -0.0500. The molecule has 0 aromatic heterocycles. The molecule has 1 saturated heterocycles. The van der Waals surface area contributed by atoms with Crippen molar-refractivity contribution in [3.63, 3.8) is 0 Å². The van der Waals surface area contributed by atoms with Gasteiger partial charge in [-0.3, -0.25) is 0 Å². The van der Waals surface area contributed by atoms with Gasteiger partial charge in [-0.25, -0.2) is 0 Å². The van der Waals surface area contributed by atoms with Crippen molar-refractivity contribution in [2.75, 3.05) is 13.2 Å². The molecule has 0 spiro atoms. The highest BCUT2D eigenvalue weighted by molar-refractivity contribution is 6.24. The minimum absolute atomic E-state index is 0.189. The Morgan fingerprint density at radius 1 is 1.69 bits per heavy atom. The van der Waals surface area contributed by atoms with E-state index in [-0.39, 0.29) is 5.92 Å². The second-order valence-electron chi connectivity index (χ2n) is 3.62. The molecule has 1 rings (SSSR count). The van der Waals surface area contributed by atoms with Crippen LogP contribution >= 0.6 is 11.6 Å². The Labute approximate surface area is 84.5 Å². The number of hydrogen-bond donors (Lipinski definition) is 1. The molecule has 0 saturated carbocycles. The summed E-state index contributed by atoms with van der Waals surface area (Å²) in [4.78, 5) is -0.537. The molecule has 13 heavy (non-hydrogen) atoms. The fourth-order valence-corrected chi connectivity index (χ4v) is 1.87. The van der Waals surface area contributed by atoms with Gasteiger partial charge < -0.3 is 9.84 Å². The van der Waals surface area contributed by atoms with Crippen LogP contribution in [0.4, 0.5) is 0 Å². The van der Waals surface area contributed by atoms with Crippen LogP contribution in [0.15, 0.2) is 12.2 Å². The largest absolute Gasteiger partial charge is 0.387 e. The van der Waals surface area contributed by atoms with E-state index in [4.69, 9.17) is 16.3 Å². The molecule has 76 valence electrons. The van der Waals surface area contributed by atoms with Gasteiger partial charge in [-0.1, -0.05) is 19.1 Å². The zero-order chi connectivity index (χ0) is 9.90. The Morgan fingerprint density at radius 3 is 2.92 bits per heavy atom. The molecule has 0 aromatic rings. The minimum Gasteiger partial charge on any atom is -0.387 e. The van der Waals surface area contributed by atoms with Crippen LogP contribution in [0.25, 0.3) is 0 Å². The SMILES string of the molecule is CC=CC(O)C1(Cl)CCOCC1C. The van der Waals surface area contributed by atoms with Gasteiger partial charge in [0.2, 0.25) is 0 Å². The predicted octanol–water partition coefficient (Wildman–Crippen LogP) is 1.96. The maximum Gasteiger partial charge on any atom is 0.0916 e. The lowest BCUT2D eigenvalue weighted by Gasteiger charge is -2.39. The monoisotopic (exact) mass is 204 g/mol. The Bertz CT molecular complexity index is 193. The smallest absolute Gasteiger partial charge is 0.0916 e. The zero-order valence-corrected chi connectivity index (χ0v) is 8.92. The quantitative estimate of drug-likeness (QED) is 0.551. The number of alkyl halides is 1. The van der Waals surface area contributed by atoms with Crippen molar-refractivity contribution in [1.82, 2.24) is 0 Å². The summed E-state index contributed by atoms with van der Waals surface area (Å²) in [6.07, 6.45) is 3.71. The molecule has 3 unspecified atom stereocenters. The summed E-state index contributed by atoms with van der Waals surface area (Å²) in [5.41, 5.74) is 0. The van der Waals surface area contributed by atoms with Crippen molar-refractivity contribution in [2.45, 2.75) is 31.2 Å². The first-order valence-corrected chi connectivity index (χ1v) is 5.06. The number of allylic oxidation sites excluding steroid dienone is 1. The number of rotatable bonds is 2. The van der Waals surface area contributed by atoms with Gasteiger partial charge in [0, 0.05) is 12.5 Å². The fourth-order valence-electron chi connectivity index (χ4n) is 1.66. The summed E-state index contributed by atoms with van der Waals surface area (Å²) in [5, 5.41) is 9.83. The molecule has 1 aliphatic heterocycles. The van der Waals surface area contributed by atoms with E-state index in [0.717, 1.165) is 0 Å². The number of aliphatic hydroxyl groups excluding tert-OH is 1. The number of ether oxygens (including phenoxy) is 1. The van der Waals surface area contributed by atoms with Gasteiger partial charge in [0.05, 0.1) is 17.6 Å². The third-order valence-electron chi connectivity index (χ3n) is 2.68. The van der Waals surface area contributed by atoms with Crippen LogP contribution in [0, 0.1) is 5.92 Å². The molecule has 1 N–H and O–H groups in total. The molecule has 3 heteroatoms. The maximum atomic E-state index is 9.83. The lowest BCUT2D eigenvalue weighted by atomic mass is 9.84. The first kappa shape index (κ1) is 11.0. The first-order valence-electron chi connectivity index (χ1n) is 4.69. The van der Waals surface area contributed by atoms with Gasteiger partial charge in [0.25, 0.3) is 0 Å². The summed E-state index contributed by atoms with van der Waals surface area (Å²) in [6.45, 7) is 5.17. The standard InChI is InChI=1S/C10H17ClO2/c1-3-4-9(12)10(11)5-6-13-7-8(10)2/h3-4,8-9,12H,5-7H2,1-2H3. The van der Waals surface area contributed by atoms with Gasteiger partial charge in [0.15, 0.2) is 0 Å². The second-order valence-corrected chi connectivity index (χ2v) is 4.33. The summed E-state index contributed by atoms with van der Waals surface area (Å²) in [6, 6.07) is 0. The topological polar surface area (TPSA) is 29.5 Å². The van der Waals surface area contributed by atoms with Crippen LogP contribution < -0.4 is 0 Å². The normalized spacial score (nSPS) is 38.0. The molecule has 0 aliphatic carbocycles. The van der Waals surface area contributed by atoms with E-state index in [0.29, 0.717) is 19.6 Å². The third-order valence-corrected chi connectivity index (χ3v) is 3.47.